The number of hydrogen-bond acceptors (Lipinski definition) is 3. The summed E-state index contributed by atoms with van der Waals surface area (Å²) >= 11 is 0. The molecule has 3 heteroatoms. The number of rotatable bonds is 3. The summed E-state index contributed by atoms with van der Waals surface area (Å²) in [6, 6.07) is 0. The van der Waals surface area contributed by atoms with E-state index in [-0.39, 0.29) is 11.5 Å². The summed E-state index contributed by atoms with van der Waals surface area (Å²) < 4.78 is 4.85. The molecule has 0 rings (SSSR count). The molecule has 76 valence electrons. The summed E-state index contributed by atoms with van der Waals surface area (Å²) in [5.74, 6) is -0.128. The zero-order valence-electron chi connectivity index (χ0n) is 8.92. The number of methoxy groups -OCH3 is 1. The molecule has 0 aliphatic rings. The van der Waals surface area contributed by atoms with Gasteiger partial charge in [-0.1, -0.05) is 20.8 Å². The SMILES string of the molecule is COC(C)/C(O)=C/C(=O)C(C)(C)C. The number of ketones is 1. The van der Waals surface area contributed by atoms with E-state index in [2.05, 4.69) is 0 Å². The Bertz CT molecular complexity index is 211. The maximum atomic E-state index is 11.4. The van der Waals surface area contributed by atoms with Crippen LogP contribution in [0, 0.1) is 5.41 Å². The quantitative estimate of drug-likeness (QED) is 0.542. The van der Waals surface area contributed by atoms with Crippen molar-refractivity contribution in [1.29, 1.82) is 0 Å². The van der Waals surface area contributed by atoms with Crippen molar-refractivity contribution < 1.29 is 14.6 Å². The predicted octanol–water partition coefficient (Wildman–Crippen LogP) is 2.08. The van der Waals surface area contributed by atoms with Gasteiger partial charge in [0.2, 0.25) is 0 Å². The monoisotopic (exact) mass is 186 g/mol. The fourth-order valence-corrected chi connectivity index (χ4v) is 0.589. The van der Waals surface area contributed by atoms with Crippen molar-refractivity contribution in [2.75, 3.05) is 7.11 Å². The summed E-state index contributed by atoms with van der Waals surface area (Å²) in [7, 11) is 1.48. The third-order valence-electron chi connectivity index (χ3n) is 1.79. The molecule has 0 spiro atoms. The standard InChI is InChI=1S/C10H18O3/c1-7(13-5)8(11)6-9(12)10(2,3)4/h6-7,11H,1-5H3/b8-6-. The van der Waals surface area contributed by atoms with Crippen molar-refractivity contribution in [1.82, 2.24) is 0 Å². The Morgan fingerprint density at radius 1 is 1.46 bits per heavy atom. The molecule has 0 bridgehead atoms. The van der Waals surface area contributed by atoms with Crippen LogP contribution in [0.4, 0.5) is 0 Å². The van der Waals surface area contributed by atoms with Gasteiger partial charge in [0.15, 0.2) is 5.78 Å². The number of carbonyl (C=O) groups is 1. The summed E-state index contributed by atoms with van der Waals surface area (Å²) in [5.41, 5.74) is -0.457. The van der Waals surface area contributed by atoms with Crippen LogP contribution in [0.5, 0.6) is 0 Å². The predicted molar refractivity (Wildman–Crippen MR) is 51.6 cm³/mol. The minimum atomic E-state index is -0.457. The highest BCUT2D eigenvalue weighted by atomic mass is 16.5. The van der Waals surface area contributed by atoms with Crippen molar-refractivity contribution in [2.45, 2.75) is 33.8 Å². The van der Waals surface area contributed by atoms with Gasteiger partial charge in [0.1, 0.15) is 11.9 Å². The maximum Gasteiger partial charge on any atom is 0.164 e. The number of aliphatic hydroxyl groups is 1. The van der Waals surface area contributed by atoms with Gasteiger partial charge in [-0.25, -0.2) is 0 Å². The van der Waals surface area contributed by atoms with E-state index < -0.39 is 11.5 Å². The lowest BCUT2D eigenvalue weighted by atomic mass is 9.90. The molecule has 0 aromatic heterocycles. The lowest BCUT2D eigenvalue weighted by Crippen LogP contribution is -2.20. The van der Waals surface area contributed by atoms with E-state index in [0.29, 0.717) is 0 Å². The third kappa shape index (κ3) is 4.08. The molecule has 0 radical (unpaired) electrons. The topological polar surface area (TPSA) is 46.5 Å². The van der Waals surface area contributed by atoms with Crippen LogP contribution in [0.15, 0.2) is 11.8 Å². The average Bonchev–Trinajstić information content (AvgIpc) is 2.01. The molecular weight excluding hydrogens is 168 g/mol. The van der Waals surface area contributed by atoms with Crippen LogP contribution in [0.3, 0.4) is 0 Å². The summed E-state index contributed by atoms with van der Waals surface area (Å²) in [6.07, 6.45) is 0.806. The van der Waals surface area contributed by atoms with E-state index in [9.17, 15) is 9.90 Å². The molecule has 0 heterocycles. The van der Waals surface area contributed by atoms with Crippen LogP contribution in [0.1, 0.15) is 27.7 Å². The smallest absolute Gasteiger partial charge is 0.164 e. The van der Waals surface area contributed by atoms with Crippen LogP contribution in [-0.2, 0) is 9.53 Å². The Kier molecular flexibility index (Phi) is 4.14. The fourth-order valence-electron chi connectivity index (χ4n) is 0.589. The van der Waals surface area contributed by atoms with E-state index in [4.69, 9.17) is 4.74 Å². The summed E-state index contributed by atoms with van der Waals surface area (Å²) in [5, 5.41) is 9.37. The highest BCUT2D eigenvalue weighted by Gasteiger charge is 2.20. The highest BCUT2D eigenvalue weighted by molar-refractivity contribution is 5.94. The van der Waals surface area contributed by atoms with Crippen molar-refractivity contribution in [3.8, 4) is 0 Å². The Morgan fingerprint density at radius 2 is 1.92 bits per heavy atom. The molecule has 0 aliphatic heterocycles. The van der Waals surface area contributed by atoms with Gasteiger partial charge in [0.05, 0.1) is 0 Å². The Labute approximate surface area is 79.4 Å². The summed E-state index contributed by atoms with van der Waals surface area (Å²) in [4.78, 5) is 11.4. The first-order chi connectivity index (χ1) is 5.79. The minimum Gasteiger partial charge on any atom is -0.509 e. The second-order valence-electron chi connectivity index (χ2n) is 4.06. The minimum absolute atomic E-state index is 0.0255. The zero-order chi connectivity index (χ0) is 10.6. The molecule has 1 N–H and O–H groups in total. The van der Waals surface area contributed by atoms with Crippen molar-refractivity contribution in [2.24, 2.45) is 5.41 Å². The lowest BCUT2D eigenvalue weighted by molar-refractivity contribution is -0.121. The van der Waals surface area contributed by atoms with Crippen molar-refractivity contribution in [3.63, 3.8) is 0 Å². The molecule has 0 fully saturated rings. The molecule has 1 atom stereocenters. The van der Waals surface area contributed by atoms with Crippen LogP contribution >= 0.6 is 0 Å². The number of ether oxygens (including phenoxy) is 1. The number of allylic oxidation sites excluding steroid dienone is 1. The van der Waals surface area contributed by atoms with E-state index >= 15 is 0 Å². The van der Waals surface area contributed by atoms with Gasteiger partial charge in [0.25, 0.3) is 0 Å². The van der Waals surface area contributed by atoms with Crippen molar-refractivity contribution >= 4 is 5.78 Å². The van der Waals surface area contributed by atoms with Gasteiger partial charge in [-0.2, -0.15) is 0 Å². The van der Waals surface area contributed by atoms with E-state index in [0.717, 1.165) is 0 Å². The second kappa shape index (κ2) is 4.42. The Balaban J connectivity index is 4.49. The van der Waals surface area contributed by atoms with Gasteiger partial charge >= 0.3 is 0 Å². The number of hydrogen-bond donors (Lipinski definition) is 1. The Hall–Kier alpha value is -0.830. The van der Waals surface area contributed by atoms with E-state index in [1.54, 1.807) is 27.7 Å². The molecule has 0 saturated carbocycles. The highest BCUT2D eigenvalue weighted by Crippen LogP contribution is 2.16. The summed E-state index contributed by atoms with van der Waals surface area (Å²) in [6.45, 7) is 7.09. The van der Waals surface area contributed by atoms with E-state index in [1.807, 2.05) is 0 Å². The molecule has 0 amide bonds. The van der Waals surface area contributed by atoms with Crippen LogP contribution in [0.2, 0.25) is 0 Å². The first kappa shape index (κ1) is 12.2. The van der Waals surface area contributed by atoms with Gasteiger partial charge < -0.3 is 9.84 Å². The van der Waals surface area contributed by atoms with Crippen molar-refractivity contribution in [3.05, 3.63) is 11.8 Å². The average molecular weight is 186 g/mol. The number of aliphatic hydroxyl groups excluding tert-OH is 1. The molecule has 13 heavy (non-hydrogen) atoms. The molecule has 3 nitrogen and oxygen atoms in total. The normalized spacial score (nSPS) is 15.6. The second-order valence-corrected chi connectivity index (χ2v) is 4.06. The molecule has 0 aliphatic carbocycles. The first-order valence-electron chi connectivity index (χ1n) is 4.27. The molecular formula is C10H18O3. The molecule has 0 aromatic rings. The van der Waals surface area contributed by atoms with Gasteiger partial charge in [-0.05, 0) is 6.92 Å². The van der Waals surface area contributed by atoms with E-state index in [1.165, 1.54) is 13.2 Å². The van der Waals surface area contributed by atoms with Gasteiger partial charge in [0, 0.05) is 18.6 Å². The van der Waals surface area contributed by atoms with Crippen LogP contribution in [0.25, 0.3) is 0 Å². The zero-order valence-corrected chi connectivity index (χ0v) is 8.92. The van der Waals surface area contributed by atoms with Gasteiger partial charge in [-0.3, -0.25) is 4.79 Å². The number of carbonyl (C=O) groups excluding carboxylic acids is 1. The molecule has 0 aromatic carbocycles. The lowest BCUT2D eigenvalue weighted by Gasteiger charge is -2.15. The molecule has 0 saturated heterocycles. The molecule has 1 unspecified atom stereocenters. The first-order valence-corrected chi connectivity index (χ1v) is 4.27. The third-order valence-corrected chi connectivity index (χ3v) is 1.79. The largest absolute Gasteiger partial charge is 0.509 e. The maximum absolute atomic E-state index is 11.4. The van der Waals surface area contributed by atoms with Crippen LogP contribution < -0.4 is 0 Å². The fraction of sp³-hybridized carbons (Fsp3) is 0.700. The Morgan fingerprint density at radius 3 is 2.23 bits per heavy atom. The van der Waals surface area contributed by atoms with Gasteiger partial charge in [-0.15, -0.1) is 0 Å². The van der Waals surface area contributed by atoms with Crippen LogP contribution in [-0.4, -0.2) is 24.1 Å².